The van der Waals surface area contributed by atoms with Gasteiger partial charge in [-0.3, -0.25) is 14.5 Å². The fraction of sp³-hybridized carbons (Fsp3) is 0.432. The van der Waals surface area contributed by atoms with Crippen molar-refractivity contribution in [2.24, 2.45) is 5.73 Å². The molecular formula is C37H42ClN5O2. The number of rotatable bonds is 7. The Morgan fingerprint density at radius 2 is 1.67 bits per heavy atom. The number of para-hydroxylation sites is 2. The van der Waals surface area contributed by atoms with Gasteiger partial charge in [-0.15, -0.1) is 0 Å². The Bertz CT molecular complexity index is 1740. The van der Waals surface area contributed by atoms with Crippen molar-refractivity contribution in [3.8, 4) is 0 Å². The van der Waals surface area contributed by atoms with Gasteiger partial charge in [-0.2, -0.15) is 0 Å². The summed E-state index contributed by atoms with van der Waals surface area (Å²) in [4.78, 5) is 35.0. The molecule has 0 spiro atoms. The largest absolute Gasteiger partial charge is 0.366 e. The molecule has 7 rings (SSSR count). The second kappa shape index (κ2) is 11.9. The van der Waals surface area contributed by atoms with Crippen molar-refractivity contribution in [2.75, 3.05) is 19.6 Å². The number of amides is 2. The van der Waals surface area contributed by atoms with E-state index in [-0.39, 0.29) is 11.3 Å². The molecule has 7 nitrogen and oxygen atoms in total. The summed E-state index contributed by atoms with van der Waals surface area (Å²) < 4.78 is 2.50. The van der Waals surface area contributed by atoms with Gasteiger partial charge < -0.3 is 15.2 Å². The van der Waals surface area contributed by atoms with Crippen LogP contribution in [0.1, 0.15) is 88.7 Å². The van der Waals surface area contributed by atoms with Crippen LogP contribution in [0.25, 0.3) is 11.0 Å². The lowest BCUT2D eigenvalue weighted by atomic mass is 9.70. The molecule has 3 aromatic carbocycles. The van der Waals surface area contributed by atoms with E-state index in [1.807, 2.05) is 4.90 Å². The van der Waals surface area contributed by atoms with E-state index >= 15 is 0 Å². The van der Waals surface area contributed by atoms with Crippen LogP contribution in [0.2, 0.25) is 5.02 Å². The smallest absolute Gasteiger partial charge is 0.255 e. The van der Waals surface area contributed by atoms with Gasteiger partial charge in [-0.25, -0.2) is 4.98 Å². The van der Waals surface area contributed by atoms with Crippen molar-refractivity contribution in [1.82, 2.24) is 19.4 Å². The molecule has 0 saturated carbocycles. The number of primary amides is 1. The number of benzene rings is 3. The summed E-state index contributed by atoms with van der Waals surface area (Å²) in [7, 11) is 0. The SMILES string of the molecule is Cc1cccc(C2(CCN3[C@@H]4CC[C@H]3CC(n3c(C)nc5ccccc53)C4)CCN(C(=O)c3cc(C(N)=O)ccc3Cl)CC2)c1. The second-order valence-electron chi connectivity index (χ2n) is 13.5. The Labute approximate surface area is 270 Å². The Hall–Kier alpha value is -3.68. The highest BCUT2D eigenvalue weighted by Crippen LogP contribution is 2.45. The molecule has 0 radical (unpaired) electrons. The van der Waals surface area contributed by atoms with Crippen LogP contribution in [-0.2, 0) is 5.41 Å². The van der Waals surface area contributed by atoms with E-state index in [0.29, 0.717) is 47.4 Å². The molecule has 2 bridgehead atoms. The number of hydrogen-bond acceptors (Lipinski definition) is 4. The van der Waals surface area contributed by atoms with Crippen LogP contribution in [-0.4, -0.2) is 62.9 Å². The zero-order valence-electron chi connectivity index (χ0n) is 26.2. The number of likely N-dealkylation sites (tertiary alicyclic amines) is 1. The van der Waals surface area contributed by atoms with Crippen LogP contribution in [0.4, 0.5) is 0 Å². The van der Waals surface area contributed by atoms with E-state index in [1.165, 1.54) is 48.4 Å². The van der Waals surface area contributed by atoms with Gasteiger partial charge in [-0.1, -0.05) is 53.6 Å². The third-order valence-corrected chi connectivity index (χ3v) is 11.3. The Kier molecular flexibility index (Phi) is 7.95. The maximum atomic E-state index is 13.6. The normalized spacial score (nSPS) is 23.0. The first kappa shape index (κ1) is 30.0. The minimum absolute atomic E-state index is 0.00487. The topological polar surface area (TPSA) is 84.5 Å². The third kappa shape index (κ3) is 5.55. The van der Waals surface area contributed by atoms with Gasteiger partial charge in [0.25, 0.3) is 5.91 Å². The number of aromatic nitrogens is 2. The monoisotopic (exact) mass is 623 g/mol. The van der Waals surface area contributed by atoms with Crippen molar-refractivity contribution in [3.63, 3.8) is 0 Å². The maximum Gasteiger partial charge on any atom is 0.255 e. The van der Waals surface area contributed by atoms with E-state index in [9.17, 15) is 9.59 Å². The van der Waals surface area contributed by atoms with Crippen molar-refractivity contribution in [2.45, 2.75) is 82.3 Å². The molecule has 3 aliphatic heterocycles. The van der Waals surface area contributed by atoms with Gasteiger partial charge in [-0.05, 0) is 107 Å². The number of aryl methyl sites for hydroxylation is 2. The highest BCUT2D eigenvalue weighted by molar-refractivity contribution is 6.34. The minimum atomic E-state index is -0.565. The highest BCUT2D eigenvalue weighted by atomic mass is 35.5. The van der Waals surface area contributed by atoms with Crippen molar-refractivity contribution < 1.29 is 9.59 Å². The first-order valence-corrected chi connectivity index (χ1v) is 16.8. The van der Waals surface area contributed by atoms with Crippen LogP contribution < -0.4 is 5.73 Å². The molecule has 0 aliphatic carbocycles. The molecule has 4 heterocycles. The number of nitrogens with two attached hydrogens (primary N) is 1. The summed E-state index contributed by atoms with van der Waals surface area (Å²) in [5.74, 6) is 0.420. The van der Waals surface area contributed by atoms with Gasteiger partial charge in [0.05, 0.1) is 21.6 Å². The molecule has 2 amide bonds. The first-order chi connectivity index (χ1) is 21.7. The molecule has 234 valence electrons. The maximum absolute atomic E-state index is 13.6. The summed E-state index contributed by atoms with van der Waals surface area (Å²) in [5, 5.41) is 0.346. The summed E-state index contributed by atoms with van der Waals surface area (Å²) in [6.07, 6.45) is 7.71. The van der Waals surface area contributed by atoms with Crippen molar-refractivity contribution in [3.05, 3.63) is 99.8 Å². The van der Waals surface area contributed by atoms with E-state index in [0.717, 1.165) is 37.1 Å². The van der Waals surface area contributed by atoms with E-state index < -0.39 is 5.91 Å². The van der Waals surface area contributed by atoms with Gasteiger partial charge in [0.2, 0.25) is 5.91 Å². The highest BCUT2D eigenvalue weighted by Gasteiger charge is 2.44. The fourth-order valence-corrected chi connectivity index (χ4v) is 8.80. The second-order valence-corrected chi connectivity index (χ2v) is 13.9. The predicted octanol–water partition coefficient (Wildman–Crippen LogP) is 6.84. The molecule has 8 heteroatoms. The number of hydrogen-bond donors (Lipinski definition) is 1. The molecule has 3 saturated heterocycles. The molecule has 1 unspecified atom stereocenters. The quantitative estimate of drug-likeness (QED) is 0.244. The number of carbonyl (C=O) groups excluding carboxylic acids is 2. The molecule has 4 aromatic rings. The first-order valence-electron chi connectivity index (χ1n) is 16.4. The lowest BCUT2D eigenvalue weighted by Gasteiger charge is -2.46. The van der Waals surface area contributed by atoms with E-state index in [1.54, 1.807) is 12.1 Å². The summed E-state index contributed by atoms with van der Waals surface area (Å²) in [5.41, 5.74) is 11.1. The minimum Gasteiger partial charge on any atom is -0.366 e. The average molecular weight is 624 g/mol. The number of carbonyl (C=O) groups is 2. The molecule has 1 aromatic heterocycles. The summed E-state index contributed by atoms with van der Waals surface area (Å²) >= 11 is 6.42. The molecule has 45 heavy (non-hydrogen) atoms. The summed E-state index contributed by atoms with van der Waals surface area (Å²) in [6, 6.07) is 23.9. The zero-order valence-corrected chi connectivity index (χ0v) is 27.0. The number of piperidine rings is 2. The molecule has 3 aliphatic rings. The van der Waals surface area contributed by atoms with Gasteiger partial charge in [0.1, 0.15) is 5.82 Å². The standard InChI is InChI=1S/C37H42ClN5O2/c1-24-6-5-7-27(20-24)37(14-17-41(18-15-37)36(45)31-21-26(35(39)44)10-13-32(31)38)16-19-42-28-11-12-29(42)23-30(22-28)43-25(2)40-33-8-3-4-9-34(33)43/h3-10,13,20-21,28-30H,11-12,14-19,22-23H2,1-2H3,(H2,39,44)/t28-,29+,30?. The van der Waals surface area contributed by atoms with Gasteiger partial charge in [0.15, 0.2) is 0 Å². The van der Waals surface area contributed by atoms with Crippen molar-refractivity contribution >= 4 is 34.4 Å². The van der Waals surface area contributed by atoms with Crippen LogP contribution in [0.5, 0.6) is 0 Å². The number of halogens is 1. The molecular weight excluding hydrogens is 582 g/mol. The van der Waals surface area contributed by atoms with E-state index in [2.05, 4.69) is 71.8 Å². The van der Waals surface area contributed by atoms with Crippen LogP contribution in [0.3, 0.4) is 0 Å². The number of fused-ring (bicyclic) bond motifs is 3. The van der Waals surface area contributed by atoms with Gasteiger partial charge >= 0.3 is 0 Å². The molecule has 2 N–H and O–H groups in total. The Balaban J connectivity index is 1.08. The molecule has 3 atom stereocenters. The van der Waals surface area contributed by atoms with Crippen LogP contribution >= 0.6 is 11.6 Å². The third-order valence-electron chi connectivity index (χ3n) is 11.0. The molecule has 3 fully saturated rings. The van der Waals surface area contributed by atoms with Gasteiger partial charge in [0, 0.05) is 36.8 Å². The van der Waals surface area contributed by atoms with Crippen molar-refractivity contribution in [1.29, 1.82) is 0 Å². The van der Waals surface area contributed by atoms with E-state index in [4.69, 9.17) is 22.3 Å². The summed E-state index contributed by atoms with van der Waals surface area (Å²) in [6.45, 7) is 6.67. The van der Waals surface area contributed by atoms with Crippen LogP contribution in [0.15, 0.2) is 66.7 Å². The average Bonchev–Trinajstić information content (AvgIpc) is 3.50. The Morgan fingerprint density at radius 3 is 2.38 bits per heavy atom. The zero-order chi connectivity index (χ0) is 31.3. The lowest BCUT2D eigenvalue weighted by molar-refractivity contribution is 0.0607. The Morgan fingerprint density at radius 1 is 0.933 bits per heavy atom. The fourth-order valence-electron chi connectivity index (χ4n) is 8.60. The lowest BCUT2D eigenvalue weighted by Crippen LogP contribution is -2.49. The predicted molar refractivity (Wildman–Crippen MR) is 179 cm³/mol. The number of nitrogens with zero attached hydrogens (tertiary/aromatic N) is 4. The van der Waals surface area contributed by atoms with Crippen LogP contribution in [0, 0.1) is 13.8 Å². The number of imidazole rings is 1.